The van der Waals surface area contributed by atoms with Crippen LogP contribution in [-0.4, -0.2) is 52.1 Å². The normalized spacial score (nSPS) is 23.2. The summed E-state index contributed by atoms with van der Waals surface area (Å²) in [5.74, 6) is -1.45. The van der Waals surface area contributed by atoms with E-state index in [-0.39, 0.29) is 61.0 Å². The number of amides is 4. The molecule has 4 amide bonds. The largest absolute Gasteiger partial charge is 0.352 e. The summed E-state index contributed by atoms with van der Waals surface area (Å²) in [7, 11) is 0. The molecule has 7 nitrogen and oxygen atoms in total. The first-order valence-electron chi connectivity index (χ1n) is 12.2. The van der Waals surface area contributed by atoms with Crippen LogP contribution in [0, 0.1) is 11.8 Å². The highest BCUT2D eigenvalue weighted by molar-refractivity contribution is 6.30. The number of allylic oxidation sites excluding steroid dienone is 2. The lowest BCUT2D eigenvalue weighted by molar-refractivity contribution is -0.144. The molecule has 0 radical (unpaired) electrons. The monoisotopic (exact) mass is 485 g/mol. The fraction of sp³-hybridized carbons (Fsp3) is 0.538. The fourth-order valence-corrected chi connectivity index (χ4v) is 5.33. The highest BCUT2D eigenvalue weighted by Gasteiger charge is 2.47. The van der Waals surface area contributed by atoms with Crippen molar-refractivity contribution in [2.75, 3.05) is 6.54 Å². The maximum atomic E-state index is 13.3. The number of carbonyl (C=O) groups is 4. The lowest BCUT2D eigenvalue weighted by Crippen LogP contribution is -2.50. The molecule has 1 aromatic rings. The second kappa shape index (κ2) is 10.7. The van der Waals surface area contributed by atoms with E-state index in [1.165, 1.54) is 9.80 Å². The quantitative estimate of drug-likeness (QED) is 0.451. The molecule has 1 aliphatic heterocycles. The Bertz CT molecular complexity index is 945. The molecule has 2 fully saturated rings. The van der Waals surface area contributed by atoms with Crippen LogP contribution in [-0.2, 0) is 25.7 Å². The minimum Gasteiger partial charge on any atom is -0.352 e. The third-order valence-corrected chi connectivity index (χ3v) is 7.54. The van der Waals surface area contributed by atoms with Crippen molar-refractivity contribution in [3.8, 4) is 0 Å². The Morgan fingerprint density at radius 3 is 2.24 bits per heavy atom. The number of hydrogen-bond acceptors (Lipinski definition) is 4. The van der Waals surface area contributed by atoms with Crippen LogP contribution in [0.3, 0.4) is 0 Å². The standard InChI is InChI=1S/C26H32ClN3O4/c1-17(24(32)28-20-6-2-3-7-20)30(16-18-10-12-19(27)13-11-18)23(31)14-15-29-25(33)21-8-4-5-9-22(21)26(29)34/h4-5,10-13,17,20-22H,2-3,6-9,14-16H2,1H3,(H,28,32)/t17?,21-,22+. The predicted molar refractivity (Wildman–Crippen MR) is 129 cm³/mol. The molecule has 8 heteroatoms. The third kappa shape index (κ3) is 5.35. The summed E-state index contributed by atoms with van der Waals surface area (Å²) in [5.41, 5.74) is 0.851. The van der Waals surface area contributed by atoms with Gasteiger partial charge in [-0.3, -0.25) is 24.1 Å². The molecular formula is C26H32ClN3O4. The molecule has 0 spiro atoms. The summed E-state index contributed by atoms with van der Waals surface area (Å²) in [6, 6.07) is 6.63. The zero-order valence-corrected chi connectivity index (χ0v) is 20.3. The molecule has 0 bridgehead atoms. The summed E-state index contributed by atoms with van der Waals surface area (Å²) in [5, 5.41) is 3.67. The van der Waals surface area contributed by atoms with Gasteiger partial charge in [0.2, 0.25) is 23.6 Å². The van der Waals surface area contributed by atoms with Gasteiger partial charge in [0.15, 0.2) is 0 Å². The lowest BCUT2D eigenvalue weighted by atomic mass is 9.85. The van der Waals surface area contributed by atoms with Gasteiger partial charge in [0, 0.05) is 30.6 Å². The fourth-order valence-electron chi connectivity index (χ4n) is 5.20. The van der Waals surface area contributed by atoms with E-state index in [0.29, 0.717) is 17.9 Å². The van der Waals surface area contributed by atoms with Gasteiger partial charge in [-0.05, 0) is 50.3 Å². The van der Waals surface area contributed by atoms with Crippen LogP contribution in [0.15, 0.2) is 36.4 Å². The van der Waals surface area contributed by atoms with Gasteiger partial charge in [-0.15, -0.1) is 0 Å². The molecule has 1 aromatic carbocycles. The molecule has 3 aliphatic rings. The minimum atomic E-state index is -0.680. The van der Waals surface area contributed by atoms with Crippen LogP contribution in [0.1, 0.15) is 57.4 Å². The molecule has 34 heavy (non-hydrogen) atoms. The van der Waals surface area contributed by atoms with Crippen molar-refractivity contribution < 1.29 is 19.2 Å². The Kier molecular flexibility index (Phi) is 7.71. The van der Waals surface area contributed by atoms with Gasteiger partial charge >= 0.3 is 0 Å². The Balaban J connectivity index is 1.44. The van der Waals surface area contributed by atoms with Gasteiger partial charge in [-0.2, -0.15) is 0 Å². The van der Waals surface area contributed by atoms with Crippen molar-refractivity contribution in [2.45, 2.75) is 70.5 Å². The molecule has 3 atom stereocenters. The number of likely N-dealkylation sites (tertiary alicyclic amines) is 1. The molecule has 2 aliphatic carbocycles. The van der Waals surface area contributed by atoms with Gasteiger partial charge in [0.05, 0.1) is 11.8 Å². The van der Waals surface area contributed by atoms with Crippen LogP contribution in [0.5, 0.6) is 0 Å². The predicted octanol–water partition coefficient (Wildman–Crippen LogP) is 3.46. The number of hydrogen-bond donors (Lipinski definition) is 1. The molecule has 0 aromatic heterocycles. The van der Waals surface area contributed by atoms with Crippen LogP contribution in [0.2, 0.25) is 5.02 Å². The molecule has 1 unspecified atom stereocenters. The van der Waals surface area contributed by atoms with Gasteiger partial charge in [0.1, 0.15) is 6.04 Å². The maximum absolute atomic E-state index is 13.3. The van der Waals surface area contributed by atoms with Crippen LogP contribution in [0.4, 0.5) is 0 Å². The molecule has 1 heterocycles. The average molecular weight is 486 g/mol. The lowest BCUT2D eigenvalue weighted by Gasteiger charge is -2.30. The summed E-state index contributed by atoms with van der Waals surface area (Å²) in [6.45, 7) is 2.01. The summed E-state index contributed by atoms with van der Waals surface area (Å²) in [6.07, 6.45) is 9.13. The number of fused-ring (bicyclic) bond motifs is 1. The third-order valence-electron chi connectivity index (χ3n) is 7.28. The highest BCUT2D eigenvalue weighted by atomic mass is 35.5. The van der Waals surface area contributed by atoms with Crippen molar-refractivity contribution in [1.29, 1.82) is 0 Å². The SMILES string of the molecule is CC(C(=O)NC1CCCC1)N(Cc1ccc(Cl)cc1)C(=O)CCN1C(=O)[C@H]2CC=CC[C@H]2C1=O. The zero-order chi connectivity index (χ0) is 24.2. The average Bonchev–Trinajstić information content (AvgIpc) is 3.43. The molecule has 182 valence electrons. The van der Waals surface area contributed by atoms with E-state index in [9.17, 15) is 19.2 Å². The van der Waals surface area contributed by atoms with Gasteiger partial charge in [0.25, 0.3) is 0 Å². The van der Waals surface area contributed by atoms with Gasteiger partial charge in [-0.1, -0.05) is 48.7 Å². The minimum absolute atomic E-state index is 0.0149. The van der Waals surface area contributed by atoms with Crippen molar-refractivity contribution in [3.63, 3.8) is 0 Å². The van der Waals surface area contributed by atoms with Crippen molar-refractivity contribution >= 4 is 35.2 Å². The number of nitrogens with one attached hydrogen (secondary N) is 1. The van der Waals surface area contributed by atoms with E-state index in [1.54, 1.807) is 19.1 Å². The first-order chi connectivity index (χ1) is 16.3. The van der Waals surface area contributed by atoms with Crippen molar-refractivity contribution in [3.05, 3.63) is 47.0 Å². The van der Waals surface area contributed by atoms with Crippen LogP contribution >= 0.6 is 11.6 Å². The molecule has 1 saturated heterocycles. The van der Waals surface area contributed by atoms with Crippen LogP contribution in [0.25, 0.3) is 0 Å². The van der Waals surface area contributed by atoms with E-state index in [0.717, 1.165) is 31.2 Å². The van der Waals surface area contributed by atoms with Gasteiger partial charge in [-0.25, -0.2) is 0 Å². The van der Waals surface area contributed by atoms with Crippen molar-refractivity contribution in [1.82, 2.24) is 15.1 Å². The number of benzene rings is 1. The molecule has 1 saturated carbocycles. The number of halogens is 1. The smallest absolute Gasteiger partial charge is 0.242 e. The summed E-state index contributed by atoms with van der Waals surface area (Å²) in [4.78, 5) is 54.6. The van der Waals surface area contributed by atoms with E-state index in [2.05, 4.69) is 5.32 Å². The Morgan fingerprint density at radius 2 is 1.65 bits per heavy atom. The Labute approximate surface area is 205 Å². The van der Waals surface area contributed by atoms with E-state index in [1.807, 2.05) is 24.3 Å². The first kappa shape index (κ1) is 24.5. The molecule has 1 N–H and O–H groups in total. The van der Waals surface area contributed by atoms with Crippen LogP contribution < -0.4 is 5.32 Å². The molecular weight excluding hydrogens is 454 g/mol. The number of imide groups is 1. The maximum Gasteiger partial charge on any atom is 0.242 e. The summed E-state index contributed by atoms with van der Waals surface area (Å²) < 4.78 is 0. The highest BCUT2D eigenvalue weighted by Crippen LogP contribution is 2.35. The number of nitrogens with zero attached hydrogens (tertiary/aromatic N) is 2. The zero-order valence-electron chi connectivity index (χ0n) is 19.5. The van der Waals surface area contributed by atoms with E-state index in [4.69, 9.17) is 11.6 Å². The summed E-state index contributed by atoms with van der Waals surface area (Å²) >= 11 is 6.00. The second-order valence-corrected chi connectivity index (χ2v) is 9.98. The van der Waals surface area contributed by atoms with Gasteiger partial charge < -0.3 is 10.2 Å². The second-order valence-electron chi connectivity index (χ2n) is 9.55. The number of rotatable bonds is 8. The number of carbonyl (C=O) groups excluding carboxylic acids is 4. The van der Waals surface area contributed by atoms with E-state index < -0.39 is 6.04 Å². The molecule has 4 rings (SSSR count). The first-order valence-corrected chi connectivity index (χ1v) is 12.6. The Hall–Kier alpha value is -2.67. The Morgan fingerprint density at radius 1 is 1.06 bits per heavy atom. The topological polar surface area (TPSA) is 86.8 Å². The van der Waals surface area contributed by atoms with E-state index >= 15 is 0 Å². The van der Waals surface area contributed by atoms with Crippen molar-refractivity contribution in [2.24, 2.45) is 11.8 Å².